The molecule has 1 aromatic carbocycles. The Kier molecular flexibility index (Phi) is 11.9. The van der Waals surface area contributed by atoms with Crippen LogP contribution in [0.3, 0.4) is 0 Å². The molecule has 23 heavy (non-hydrogen) atoms. The first-order chi connectivity index (χ1) is 10.6. The van der Waals surface area contributed by atoms with Crippen molar-refractivity contribution in [1.82, 2.24) is 0 Å². The minimum Gasteiger partial charge on any atom is -0.373 e. The van der Waals surface area contributed by atoms with Crippen LogP contribution >= 0.6 is 21.4 Å². The minimum absolute atomic E-state index is 0.0924. The van der Waals surface area contributed by atoms with Gasteiger partial charge < -0.3 is 11.1 Å². The van der Waals surface area contributed by atoms with Gasteiger partial charge in [0.1, 0.15) is 0 Å². The molecule has 1 aliphatic rings. The molecule has 0 saturated heterocycles. The van der Waals surface area contributed by atoms with Crippen molar-refractivity contribution in [3.63, 3.8) is 0 Å². The van der Waals surface area contributed by atoms with Crippen molar-refractivity contribution < 1.29 is 18.0 Å². The Morgan fingerprint density at radius 2 is 1.13 bits per heavy atom. The van der Waals surface area contributed by atoms with Gasteiger partial charge in [0.15, 0.2) is 11.6 Å². The summed E-state index contributed by atoms with van der Waals surface area (Å²) in [6, 6.07) is 6.84. The van der Waals surface area contributed by atoms with Crippen molar-refractivity contribution in [2.24, 2.45) is 0 Å². The molecule has 0 bridgehead atoms. The smallest absolute Gasteiger partial charge is 0.317 e. The van der Waals surface area contributed by atoms with Crippen LogP contribution in [-0.4, -0.2) is 20.0 Å². The van der Waals surface area contributed by atoms with Crippen LogP contribution in [0.1, 0.15) is 20.7 Å². The topological polar surface area (TPSA) is 187 Å². The molecule has 0 radical (unpaired) electrons. The predicted molar refractivity (Wildman–Crippen MR) is 84.4 cm³/mol. The predicted octanol–water partition coefficient (Wildman–Crippen LogP) is 4.07. The van der Waals surface area contributed by atoms with E-state index in [4.69, 9.17) is 30.5 Å². The fraction of sp³-hybridized carbons (Fsp3) is 0. The zero-order chi connectivity index (χ0) is 18.5. The Morgan fingerprint density at radius 3 is 1.35 bits per heavy atom. The summed E-state index contributed by atoms with van der Waals surface area (Å²) in [4.78, 5) is 25.6. The number of rotatable bonds is 0. The van der Waals surface area contributed by atoms with Gasteiger partial charge in [-0.15, -0.1) is 5.53 Å². The second kappa shape index (κ2) is 12.0. The molecule has 13 heteroatoms. The van der Waals surface area contributed by atoms with Crippen LogP contribution in [0.4, 0.5) is 0 Å². The Labute approximate surface area is 139 Å². The van der Waals surface area contributed by atoms with E-state index in [1.165, 1.54) is 17.1 Å². The van der Waals surface area contributed by atoms with Gasteiger partial charge in [0.25, 0.3) is 0 Å². The van der Waals surface area contributed by atoms with E-state index < -0.39 is 8.26 Å². The average molecular weight is 378 g/mol. The Morgan fingerprint density at radius 1 is 0.913 bits per heavy atom. The molecule has 1 aliphatic carbocycles. The highest BCUT2D eigenvalue weighted by Crippen LogP contribution is 2.15. The second-order valence-corrected chi connectivity index (χ2v) is 6.84. The van der Waals surface area contributed by atoms with Crippen molar-refractivity contribution in [2.75, 3.05) is 0 Å². The number of carbonyl (C=O) groups is 2. The van der Waals surface area contributed by atoms with Gasteiger partial charge in [0, 0.05) is 32.5 Å². The van der Waals surface area contributed by atoms with Crippen molar-refractivity contribution in [3.05, 3.63) is 74.0 Å². The highest BCUT2D eigenvalue weighted by Gasteiger charge is 2.16. The molecule has 0 unspecified atom stereocenters. The summed E-state index contributed by atoms with van der Waals surface area (Å²) in [6.45, 7) is 0. The number of nitrogens with zero attached hydrogens (tertiary/aromatic N) is 5. The van der Waals surface area contributed by atoms with Crippen LogP contribution in [0.15, 0.2) is 36.4 Å². The standard InChI is InChI=1S/C10H6O2.Cl2O2S.HN3.N3/c11-9-5-6-10(12)8-4-2-1-3-7(8)9;1-5(2,3)4;2*1-3-2/h1-6H;;1H;/q;;;-1. The van der Waals surface area contributed by atoms with Gasteiger partial charge in [0.05, 0.1) is 0 Å². The maximum Gasteiger partial charge on any atom is 0.317 e. The van der Waals surface area contributed by atoms with Crippen LogP contribution in [-0.2, 0) is 8.26 Å². The molecular weight excluding hydrogens is 371 g/mol. The van der Waals surface area contributed by atoms with E-state index in [1.54, 1.807) is 29.2 Å². The van der Waals surface area contributed by atoms with Gasteiger partial charge in [0.2, 0.25) is 0 Å². The molecule has 0 heterocycles. The van der Waals surface area contributed by atoms with E-state index >= 15 is 0 Å². The molecule has 122 valence electrons. The lowest BCUT2D eigenvalue weighted by molar-refractivity contribution is 0.0994. The number of allylic oxidation sites excluding steroid dienone is 2. The van der Waals surface area contributed by atoms with Crippen molar-refractivity contribution in [2.45, 2.75) is 0 Å². The SMILES string of the molecule is O=C1C=CC(=O)c2ccccc21.O=S(=O)(Cl)Cl.[N-]=[N+]=N.[N-]=[N+]=[N-]. The summed E-state index contributed by atoms with van der Waals surface area (Å²) in [5.74, 6) is -0.185. The zero-order valence-electron chi connectivity index (χ0n) is 11.0. The molecular formula is C10H7Cl2N6O4S-. The summed E-state index contributed by atoms with van der Waals surface area (Å²) in [6.07, 6.45) is 2.62. The number of halogens is 2. The fourth-order valence-corrected chi connectivity index (χ4v) is 1.24. The molecule has 0 amide bonds. The molecule has 10 nitrogen and oxygen atoms in total. The summed E-state index contributed by atoms with van der Waals surface area (Å²) in [5.41, 5.74) is 26.8. The van der Waals surface area contributed by atoms with Crippen molar-refractivity contribution in [3.8, 4) is 0 Å². The third kappa shape index (κ3) is 12.9. The van der Waals surface area contributed by atoms with E-state index in [9.17, 15) is 9.59 Å². The molecule has 1 N–H and O–H groups in total. The van der Waals surface area contributed by atoms with Gasteiger partial charge in [-0.05, 0) is 22.6 Å². The number of hydrogen-bond donors (Lipinski definition) is 1. The lowest BCUT2D eigenvalue weighted by Gasteiger charge is -2.06. The number of hydrogen-bond acceptors (Lipinski definition) is 5. The lowest BCUT2D eigenvalue weighted by atomic mass is 9.95. The highest BCUT2D eigenvalue weighted by atomic mass is 36.0. The molecule has 2 rings (SSSR count). The third-order valence-corrected chi connectivity index (χ3v) is 1.84. The van der Waals surface area contributed by atoms with Crippen LogP contribution in [0.2, 0.25) is 0 Å². The Balaban J connectivity index is 0. The minimum atomic E-state index is -3.72. The van der Waals surface area contributed by atoms with Crippen LogP contribution in [0, 0.1) is 5.53 Å². The number of carbonyl (C=O) groups excluding carboxylic acids is 2. The largest absolute Gasteiger partial charge is 0.373 e. The summed E-state index contributed by atoms with van der Waals surface area (Å²) in [5, 5.41) is 0. The molecule has 0 saturated carbocycles. The number of benzene rings is 1. The van der Waals surface area contributed by atoms with Crippen LogP contribution < -0.4 is 0 Å². The maximum atomic E-state index is 11.2. The molecule has 0 atom stereocenters. The van der Waals surface area contributed by atoms with Crippen molar-refractivity contribution in [1.29, 1.82) is 5.53 Å². The van der Waals surface area contributed by atoms with Crippen molar-refractivity contribution >= 4 is 41.2 Å². The van der Waals surface area contributed by atoms with Gasteiger partial charge >= 0.3 is 8.26 Å². The summed E-state index contributed by atoms with van der Waals surface area (Å²) < 4.78 is 18.3. The fourth-order valence-electron chi connectivity index (χ4n) is 1.24. The average Bonchev–Trinajstić information content (AvgIpc) is 2.43. The first kappa shape index (κ1) is 22.7. The monoisotopic (exact) mass is 377 g/mol. The van der Waals surface area contributed by atoms with Crippen LogP contribution in [0.5, 0.6) is 0 Å². The Bertz CT molecular complexity index is 708. The van der Waals surface area contributed by atoms with Gasteiger partial charge in [-0.3, -0.25) is 14.5 Å². The normalized spacial score (nSPS) is 10.9. The highest BCUT2D eigenvalue weighted by molar-refractivity contribution is 8.31. The first-order valence-electron chi connectivity index (χ1n) is 5.11. The summed E-state index contributed by atoms with van der Waals surface area (Å²) in [7, 11) is 4.81. The van der Waals surface area contributed by atoms with Gasteiger partial charge in [-0.1, -0.05) is 24.3 Å². The molecule has 0 aliphatic heterocycles. The molecule has 0 spiro atoms. The van der Waals surface area contributed by atoms with E-state index in [0.717, 1.165) is 0 Å². The van der Waals surface area contributed by atoms with Crippen LogP contribution in [0.25, 0.3) is 26.4 Å². The number of ketones is 2. The van der Waals surface area contributed by atoms with Gasteiger partial charge in [-0.25, -0.2) is 0 Å². The van der Waals surface area contributed by atoms with Gasteiger partial charge in [-0.2, -0.15) is 8.42 Å². The van der Waals surface area contributed by atoms with E-state index in [2.05, 4.69) is 21.4 Å². The lowest BCUT2D eigenvalue weighted by Crippen LogP contribution is -2.10. The number of nitrogens with one attached hydrogen (secondary N) is 1. The Hall–Kier alpha value is -2.55. The second-order valence-electron chi connectivity index (χ2n) is 3.18. The van der Waals surface area contributed by atoms with E-state index in [0.29, 0.717) is 11.1 Å². The number of fused-ring (bicyclic) bond motifs is 1. The van der Waals surface area contributed by atoms with E-state index in [1.807, 2.05) is 0 Å². The molecule has 0 aromatic heterocycles. The third-order valence-electron chi connectivity index (χ3n) is 1.84. The maximum absolute atomic E-state index is 11.2. The quantitative estimate of drug-likeness (QED) is 0.308. The first-order valence-corrected chi connectivity index (χ1v) is 8.25. The molecule has 0 fully saturated rings. The zero-order valence-corrected chi connectivity index (χ0v) is 13.3. The van der Waals surface area contributed by atoms with E-state index in [-0.39, 0.29) is 11.6 Å². The molecule has 1 aromatic rings. The summed E-state index contributed by atoms with van der Waals surface area (Å²) >= 11 is 0.